The highest BCUT2D eigenvalue weighted by atomic mass is 31.2. The van der Waals surface area contributed by atoms with Crippen LogP contribution in [0.4, 0.5) is 22.0 Å². The summed E-state index contributed by atoms with van der Waals surface area (Å²) in [5.74, 6) is -5.35. The molecule has 1 saturated carbocycles. The fourth-order valence-corrected chi connectivity index (χ4v) is 7.82. The molecule has 40 heavy (non-hydrogen) atoms. The number of carbonyl (C=O) groups excluding carboxylic acids is 1. The second kappa shape index (κ2) is 13.7. The second-order valence-electron chi connectivity index (χ2n) is 11.7. The zero-order valence-electron chi connectivity index (χ0n) is 24.8. The molecular weight excluding hydrogens is 554 g/mol. The summed E-state index contributed by atoms with van der Waals surface area (Å²) >= 11 is 0. The van der Waals surface area contributed by atoms with Gasteiger partial charge in [-0.2, -0.15) is 13.2 Å². The first kappa shape index (κ1) is 35.9. The van der Waals surface area contributed by atoms with Crippen molar-refractivity contribution < 1.29 is 31.3 Å². The minimum absolute atomic E-state index is 0.0762. The first-order valence-electron chi connectivity index (χ1n) is 13.2. The molecule has 4 N–H and O–H groups in total. The number of hydrogen-bond acceptors (Lipinski definition) is 5. The molecule has 0 aromatic heterocycles. The van der Waals surface area contributed by atoms with E-state index in [0.717, 1.165) is 18.1 Å². The quantitative estimate of drug-likeness (QED) is 0.103. The number of carbonyl (C=O) groups is 1. The first-order chi connectivity index (χ1) is 18.0. The number of halogens is 5. The molecule has 3 atom stereocenters. The van der Waals surface area contributed by atoms with E-state index in [4.69, 9.17) is 5.41 Å². The van der Waals surface area contributed by atoms with Gasteiger partial charge in [-0.3, -0.25) is 15.1 Å². The van der Waals surface area contributed by atoms with Gasteiger partial charge in [-0.25, -0.2) is 8.78 Å². The Morgan fingerprint density at radius 3 is 2.25 bits per heavy atom. The fourth-order valence-electron chi connectivity index (χ4n) is 5.36. The topological polar surface area (TPSA) is 101 Å². The van der Waals surface area contributed by atoms with Crippen molar-refractivity contribution in [1.82, 2.24) is 25.8 Å². The van der Waals surface area contributed by atoms with Gasteiger partial charge in [0.05, 0.1) is 6.54 Å². The van der Waals surface area contributed by atoms with Crippen LogP contribution in [0.25, 0.3) is 0 Å². The average Bonchev–Trinajstić information content (AvgIpc) is 3.23. The molecule has 0 aromatic rings. The van der Waals surface area contributed by atoms with Crippen molar-refractivity contribution >= 4 is 19.0 Å². The number of amides is 1. The highest BCUT2D eigenvalue weighted by Gasteiger charge is 2.43. The van der Waals surface area contributed by atoms with E-state index in [2.05, 4.69) is 22.5 Å². The molecule has 1 rings (SSSR count). The van der Waals surface area contributed by atoms with Gasteiger partial charge in [-0.15, -0.1) is 0 Å². The summed E-state index contributed by atoms with van der Waals surface area (Å²) < 4.78 is 79.7. The van der Waals surface area contributed by atoms with E-state index in [0.29, 0.717) is 19.3 Å². The van der Waals surface area contributed by atoms with Gasteiger partial charge in [0.2, 0.25) is 0 Å². The molecule has 0 radical (unpaired) electrons. The van der Waals surface area contributed by atoms with E-state index in [1.54, 1.807) is 20.4 Å². The summed E-state index contributed by atoms with van der Waals surface area (Å²) in [5.41, 5.74) is 0.161. The molecule has 232 valence electrons. The number of nitrogens with one attached hydrogen (secondary N) is 4. The van der Waals surface area contributed by atoms with Gasteiger partial charge in [-0.1, -0.05) is 20.4 Å². The minimum atomic E-state index is -5.10. The zero-order chi connectivity index (χ0) is 31.3. The molecule has 1 aliphatic carbocycles. The predicted molar refractivity (Wildman–Crippen MR) is 150 cm³/mol. The third kappa shape index (κ3) is 10.4. The normalized spacial score (nSPS) is 20.1. The Labute approximate surface area is 235 Å². The number of rotatable bonds is 13. The van der Waals surface area contributed by atoms with Crippen molar-refractivity contribution in [2.45, 2.75) is 83.6 Å². The van der Waals surface area contributed by atoms with Gasteiger partial charge >= 0.3 is 12.1 Å². The van der Waals surface area contributed by atoms with Crippen LogP contribution in [0, 0.1) is 10.8 Å². The molecule has 1 fully saturated rings. The number of alkyl halides is 5. The standard InChI is InChI=1S/C26H46F5N6O2P/c1-10-33-17(2)21(40(8,9)39)24(4,5)18(3)34-23(32)35-19-11-12-20(15-19)37(7)16-25(27,28)13-14-36(6)22(38)26(29,30)31/h10,18-20,33H,1,11-16H2,2-9H3,(H3,32,34,35)/b21-17-/t18-,19+,20?/m1/s1. The Hall–Kier alpha value is -2.14. The van der Waals surface area contributed by atoms with Crippen LogP contribution in [-0.4, -0.2) is 92.4 Å². The van der Waals surface area contributed by atoms with Crippen molar-refractivity contribution in [2.75, 3.05) is 40.5 Å². The van der Waals surface area contributed by atoms with E-state index in [9.17, 15) is 31.3 Å². The number of allylic oxidation sites excluding steroid dienone is 1. The van der Waals surface area contributed by atoms with Crippen molar-refractivity contribution in [3.8, 4) is 0 Å². The van der Waals surface area contributed by atoms with Crippen molar-refractivity contribution in [3.05, 3.63) is 23.8 Å². The van der Waals surface area contributed by atoms with Crippen LogP contribution in [0.1, 0.15) is 53.4 Å². The van der Waals surface area contributed by atoms with Crippen LogP contribution < -0.4 is 16.0 Å². The maximum absolute atomic E-state index is 14.5. The molecule has 0 aromatic carbocycles. The molecule has 0 bridgehead atoms. The maximum Gasteiger partial charge on any atom is 0.471 e. The van der Waals surface area contributed by atoms with Crippen LogP contribution in [-0.2, 0) is 9.36 Å². The van der Waals surface area contributed by atoms with Crippen LogP contribution in [0.15, 0.2) is 23.8 Å². The Morgan fingerprint density at radius 2 is 1.75 bits per heavy atom. The minimum Gasteiger partial charge on any atom is -0.365 e. The summed E-state index contributed by atoms with van der Waals surface area (Å²) in [7, 11) is -0.270. The number of nitrogens with zero attached hydrogens (tertiary/aromatic N) is 2. The van der Waals surface area contributed by atoms with E-state index < -0.39 is 50.1 Å². The second-order valence-corrected chi connectivity index (χ2v) is 14.8. The molecule has 0 spiro atoms. The molecule has 1 unspecified atom stereocenters. The highest BCUT2D eigenvalue weighted by molar-refractivity contribution is 7.66. The lowest BCUT2D eigenvalue weighted by molar-refractivity contribution is -0.184. The van der Waals surface area contributed by atoms with E-state index in [1.807, 2.05) is 27.7 Å². The third-order valence-corrected chi connectivity index (χ3v) is 9.51. The SMILES string of the molecule is C=CN/C(C)=C(/C(C)(C)[C@@H](C)NC(=N)N[C@H]1CCC(N(C)CC(F)(F)CCN(C)C(=O)C(F)(F)F)C1)P(C)(C)=O. The molecule has 8 nitrogen and oxygen atoms in total. The van der Waals surface area contributed by atoms with Gasteiger partial charge in [0, 0.05) is 54.6 Å². The van der Waals surface area contributed by atoms with Crippen molar-refractivity contribution in [3.63, 3.8) is 0 Å². The summed E-state index contributed by atoms with van der Waals surface area (Å²) in [5, 5.41) is 18.5. The van der Waals surface area contributed by atoms with E-state index >= 15 is 0 Å². The summed E-state index contributed by atoms with van der Waals surface area (Å²) in [6.45, 7) is 13.4. The lowest BCUT2D eigenvalue weighted by atomic mass is 9.84. The average molecular weight is 601 g/mol. The summed E-state index contributed by atoms with van der Waals surface area (Å²) in [4.78, 5) is 12.9. The molecule has 1 aliphatic rings. The Kier molecular flexibility index (Phi) is 12.3. The monoisotopic (exact) mass is 600 g/mol. The first-order valence-corrected chi connectivity index (χ1v) is 15.8. The molecular formula is C26H46F5N6O2P. The van der Waals surface area contributed by atoms with Crippen LogP contribution in [0.2, 0.25) is 0 Å². The predicted octanol–water partition coefficient (Wildman–Crippen LogP) is 5.00. The maximum atomic E-state index is 14.5. The Balaban J connectivity index is 2.71. The lowest BCUT2D eigenvalue weighted by Gasteiger charge is -2.38. The van der Waals surface area contributed by atoms with E-state index in [1.165, 1.54) is 11.1 Å². The lowest BCUT2D eigenvalue weighted by Crippen LogP contribution is -2.51. The van der Waals surface area contributed by atoms with Crippen molar-refractivity contribution in [1.29, 1.82) is 5.41 Å². The fraction of sp³-hybridized carbons (Fsp3) is 0.769. The smallest absolute Gasteiger partial charge is 0.365 e. The highest BCUT2D eigenvalue weighted by Crippen LogP contribution is 2.56. The third-order valence-electron chi connectivity index (χ3n) is 7.53. The van der Waals surface area contributed by atoms with Crippen LogP contribution in [0.3, 0.4) is 0 Å². The van der Waals surface area contributed by atoms with Crippen LogP contribution in [0.5, 0.6) is 0 Å². The Morgan fingerprint density at radius 1 is 1.18 bits per heavy atom. The van der Waals surface area contributed by atoms with Crippen LogP contribution >= 0.6 is 7.14 Å². The van der Waals surface area contributed by atoms with Gasteiger partial charge in [0.1, 0.15) is 7.14 Å². The number of guanidine groups is 1. The molecule has 1 amide bonds. The largest absolute Gasteiger partial charge is 0.471 e. The van der Waals surface area contributed by atoms with E-state index in [-0.39, 0.29) is 29.0 Å². The van der Waals surface area contributed by atoms with Crippen molar-refractivity contribution in [2.24, 2.45) is 5.41 Å². The molecule has 14 heteroatoms. The summed E-state index contributed by atoms with van der Waals surface area (Å²) in [6, 6.07) is -0.611. The Bertz CT molecular complexity index is 995. The summed E-state index contributed by atoms with van der Waals surface area (Å²) in [6.07, 6.45) is -2.69. The van der Waals surface area contributed by atoms with Gasteiger partial charge in [-0.05, 0) is 59.7 Å². The van der Waals surface area contributed by atoms with Gasteiger partial charge in [0.15, 0.2) is 5.96 Å². The molecule has 0 heterocycles. The van der Waals surface area contributed by atoms with Gasteiger partial charge < -0.3 is 25.4 Å². The molecule has 0 aliphatic heterocycles. The number of hydrogen-bond donors (Lipinski definition) is 4. The molecule has 0 saturated heterocycles. The zero-order valence-corrected chi connectivity index (χ0v) is 25.7. The van der Waals surface area contributed by atoms with Gasteiger partial charge in [0.25, 0.3) is 5.92 Å².